The first-order valence-electron chi connectivity index (χ1n) is 10.6. The molecule has 0 radical (unpaired) electrons. The molecule has 0 saturated carbocycles. The third-order valence-corrected chi connectivity index (χ3v) is 5.54. The summed E-state index contributed by atoms with van der Waals surface area (Å²) >= 11 is 1.74. The maximum atomic E-state index is 3.36. The summed E-state index contributed by atoms with van der Waals surface area (Å²) in [5.41, 5.74) is 9.82. The van der Waals surface area contributed by atoms with Crippen LogP contribution >= 0.6 is 0 Å². The fraction of sp³-hybridized carbons (Fsp3) is 0.321. The molecule has 32 heavy (non-hydrogen) atoms. The summed E-state index contributed by atoms with van der Waals surface area (Å²) in [7, 11) is 0. The number of allylic oxidation sites excluding steroid dienone is 4. The van der Waals surface area contributed by atoms with Crippen molar-refractivity contribution in [2.24, 2.45) is 5.92 Å². The largest absolute Gasteiger partial charge is 1.00 e. The zero-order valence-electron chi connectivity index (χ0n) is 20.5. The third kappa shape index (κ3) is 8.53. The molecular weight excluding hydrogens is 527 g/mol. The van der Waals surface area contributed by atoms with Crippen LogP contribution in [0.1, 0.15) is 38.8 Å². The van der Waals surface area contributed by atoms with E-state index in [1.807, 2.05) is 0 Å². The topological polar surface area (TPSA) is 0 Å². The molecule has 1 aliphatic rings. The molecule has 0 saturated heterocycles. The first-order valence-corrected chi connectivity index (χ1v) is 16.8. The summed E-state index contributed by atoms with van der Waals surface area (Å²) < 4.78 is 0. The smallest absolute Gasteiger partial charge is 0.0486 e. The van der Waals surface area contributed by atoms with Crippen molar-refractivity contribution < 1.29 is 48.1 Å². The minimum Gasteiger partial charge on any atom is -1.00 e. The number of halogens is 2. The van der Waals surface area contributed by atoms with Gasteiger partial charge in [-0.05, 0) is 6.92 Å². The van der Waals surface area contributed by atoms with Gasteiger partial charge in [-0.3, -0.25) is 6.08 Å². The number of hydrogen-bond donors (Lipinski definition) is 0. The molecule has 0 fully saturated rings. The van der Waals surface area contributed by atoms with E-state index >= 15 is 0 Å². The van der Waals surface area contributed by atoms with Crippen molar-refractivity contribution in [1.29, 1.82) is 0 Å². The van der Waals surface area contributed by atoms with Crippen LogP contribution in [0.2, 0.25) is 13.1 Å². The van der Waals surface area contributed by atoms with Crippen LogP contribution in [0.3, 0.4) is 0 Å². The van der Waals surface area contributed by atoms with Crippen LogP contribution in [-0.2, 0) is 23.3 Å². The quantitative estimate of drug-likeness (QED) is 0.317. The van der Waals surface area contributed by atoms with Crippen LogP contribution in [0, 0.1) is 25.8 Å². The van der Waals surface area contributed by atoms with E-state index in [9.17, 15) is 0 Å². The van der Waals surface area contributed by atoms with Crippen LogP contribution < -0.4 is 24.8 Å². The van der Waals surface area contributed by atoms with Crippen molar-refractivity contribution in [2.45, 2.75) is 54.6 Å². The van der Waals surface area contributed by atoms with Crippen LogP contribution in [0.5, 0.6) is 0 Å². The van der Waals surface area contributed by atoms with Crippen molar-refractivity contribution in [1.82, 2.24) is 0 Å². The number of benzene rings is 2. The summed E-state index contributed by atoms with van der Waals surface area (Å²) in [5, 5.41) is 2.71. The van der Waals surface area contributed by atoms with Crippen LogP contribution in [-0.4, -0.2) is 5.43 Å². The monoisotopic (exact) mass is 558 g/mol. The molecular formula is C28H34Cl2SiZr-2. The molecule has 0 aliphatic heterocycles. The molecule has 0 heterocycles. The first-order chi connectivity index (χ1) is 14.1. The Morgan fingerprint density at radius 2 is 1.47 bits per heavy atom. The minimum absolute atomic E-state index is 0. The standard InChI is InChI=1S/C17H15.C9H13.C2H6Si.2ClH.Zr/c1-12-8-9-16-15(10-12)11-13(2)17(16)14-6-4-3-5-7-14;1-6-5-7(2)9(4)8(6)3;1-3-2;;;/h3-11H,1-2H3;6H,1-4H3;1-2H3;2*1H;/q2*-1;;;;+2/p-2. The van der Waals surface area contributed by atoms with Gasteiger partial charge in [0, 0.05) is 0 Å². The summed E-state index contributed by atoms with van der Waals surface area (Å²) in [6.45, 7) is 17.6. The zero-order chi connectivity index (χ0) is 22.4. The van der Waals surface area contributed by atoms with E-state index in [0.717, 1.165) is 0 Å². The van der Waals surface area contributed by atoms with Gasteiger partial charge >= 0.3 is 41.9 Å². The van der Waals surface area contributed by atoms with Crippen molar-refractivity contribution in [3.05, 3.63) is 88.5 Å². The van der Waals surface area contributed by atoms with Crippen molar-refractivity contribution in [3.63, 3.8) is 0 Å². The Hall–Kier alpha value is -0.790. The van der Waals surface area contributed by atoms with Gasteiger partial charge in [0.25, 0.3) is 0 Å². The Kier molecular flexibility index (Phi) is 14.1. The first kappa shape index (κ1) is 31.2. The molecule has 170 valence electrons. The fourth-order valence-corrected chi connectivity index (χ4v) is 3.70. The molecule has 4 heteroatoms. The number of fused-ring (bicyclic) bond motifs is 1. The van der Waals surface area contributed by atoms with Gasteiger partial charge in [-0.25, -0.2) is 5.57 Å². The number of hydrogen-bond acceptors (Lipinski definition) is 0. The van der Waals surface area contributed by atoms with Gasteiger partial charge in [0.05, 0.1) is 0 Å². The average molecular weight is 561 g/mol. The third-order valence-electron chi connectivity index (χ3n) is 5.54. The molecule has 0 aromatic heterocycles. The molecule has 0 N–H and O–H groups in total. The van der Waals surface area contributed by atoms with Gasteiger partial charge in [-0.1, -0.05) is 81.1 Å². The average Bonchev–Trinajstić information content (AvgIpc) is 3.12. The molecule has 0 nitrogen and oxygen atoms in total. The molecule has 1 unspecified atom stereocenters. The molecule has 0 amide bonds. The van der Waals surface area contributed by atoms with Crippen molar-refractivity contribution in [3.8, 4) is 11.1 Å². The Morgan fingerprint density at radius 1 is 0.906 bits per heavy atom. The maximum Gasteiger partial charge on any atom is -0.0486 e. The van der Waals surface area contributed by atoms with Crippen LogP contribution in [0.15, 0.2) is 71.3 Å². The molecule has 3 aromatic rings. The van der Waals surface area contributed by atoms with E-state index in [1.165, 1.54) is 49.7 Å². The second kappa shape index (κ2) is 14.5. The predicted molar refractivity (Wildman–Crippen MR) is 132 cm³/mol. The Morgan fingerprint density at radius 3 is 1.91 bits per heavy atom. The van der Waals surface area contributed by atoms with E-state index in [1.54, 1.807) is 23.3 Å². The second-order valence-corrected chi connectivity index (χ2v) is 17.8. The summed E-state index contributed by atoms with van der Waals surface area (Å²) in [4.78, 5) is 0. The molecule has 0 bridgehead atoms. The summed E-state index contributed by atoms with van der Waals surface area (Å²) in [6.07, 6.45) is 3.36. The van der Waals surface area contributed by atoms with Crippen molar-refractivity contribution in [2.75, 3.05) is 0 Å². The van der Waals surface area contributed by atoms with Gasteiger partial charge in [-0.15, -0.1) is 47.0 Å². The van der Waals surface area contributed by atoms with Gasteiger partial charge < -0.3 is 24.8 Å². The Bertz CT molecular complexity index is 1090. The van der Waals surface area contributed by atoms with E-state index in [0.29, 0.717) is 5.92 Å². The Labute approximate surface area is 223 Å². The molecule has 3 aromatic carbocycles. The maximum absolute atomic E-state index is 3.36. The van der Waals surface area contributed by atoms with Crippen LogP contribution in [0.4, 0.5) is 0 Å². The minimum atomic E-state index is 0. The van der Waals surface area contributed by atoms with Crippen molar-refractivity contribution >= 4 is 16.2 Å². The second-order valence-electron chi connectivity index (χ2n) is 8.46. The molecule has 4 rings (SSSR count). The summed E-state index contributed by atoms with van der Waals surface area (Å²) in [6, 6.07) is 19.6. The zero-order valence-corrected chi connectivity index (χ0v) is 25.5. The molecule has 1 aliphatic carbocycles. The number of aryl methyl sites for hydroxylation is 2. The van der Waals surface area contributed by atoms with E-state index in [4.69, 9.17) is 0 Å². The van der Waals surface area contributed by atoms with E-state index in [2.05, 4.69) is 115 Å². The normalized spacial score (nSPS) is 14.3. The van der Waals surface area contributed by atoms with Crippen LogP contribution in [0.25, 0.3) is 21.9 Å². The van der Waals surface area contributed by atoms with Gasteiger partial charge in [0.2, 0.25) is 0 Å². The predicted octanol–water partition coefficient (Wildman–Crippen LogP) is 2.36. The Balaban J connectivity index is 0.000000547. The van der Waals surface area contributed by atoms with Gasteiger partial charge in [-0.2, -0.15) is 11.1 Å². The fourth-order valence-electron chi connectivity index (χ4n) is 3.70. The molecule has 1 atom stereocenters. The summed E-state index contributed by atoms with van der Waals surface area (Å²) in [5.74, 6) is 0.560. The van der Waals surface area contributed by atoms with Gasteiger partial charge in [0.15, 0.2) is 0 Å². The number of rotatable bonds is 1. The van der Waals surface area contributed by atoms with Gasteiger partial charge in [0.1, 0.15) is 0 Å². The van der Waals surface area contributed by atoms with E-state index in [-0.39, 0.29) is 30.2 Å². The molecule has 0 spiro atoms. The SMILES string of the molecule is CC1=[C-]C(C)C(C)=C1C.C[Si](C)=[Zr+2].Cc1ccc2c(-c3ccccc3)c(C)[cH-]c2c1.[Cl-].[Cl-]. The van der Waals surface area contributed by atoms with E-state index < -0.39 is 0 Å².